The van der Waals surface area contributed by atoms with Gasteiger partial charge in [0, 0.05) is 11.5 Å². The van der Waals surface area contributed by atoms with E-state index >= 15 is 0 Å². The lowest BCUT2D eigenvalue weighted by Gasteiger charge is -2.09. The monoisotopic (exact) mass is 168 g/mol. The summed E-state index contributed by atoms with van der Waals surface area (Å²) < 4.78 is 1.73. The van der Waals surface area contributed by atoms with Crippen LogP contribution in [0.2, 0.25) is 0 Å². The molecular formula is C6H8N4S. The van der Waals surface area contributed by atoms with Crippen LogP contribution in [0, 0.1) is 0 Å². The molecule has 0 fully saturated rings. The second-order valence-electron chi connectivity index (χ2n) is 2.27. The topological polar surface area (TPSA) is 43.1 Å². The summed E-state index contributed by atoms with van der Waals surface area (Å²) in [6.07, 6.45) is 2.64. The maximum absolute atomic E-state index is 4.31. The Kier molecular flexibility index (Phi) is 1.65. The predicted molar refractivity (Wildman–Crippen MR) is 43.9 cm³/mol. The molecule has 0 atom stereocenters. The van der Waals surface area contributed by atoms with E-state index < -0.39 is 0 Å². The van der Waals surface area contributed by atoms with Gasteiger partial charge in [0.2, 0.25) is 5.16 Å². The van der Waals surface area contributed by atoms with Gasteiger partial charge in [0.05, 0.1) is 0 Å². The first kappa shape index (κ1) is 6.84. The molecule has 0 bridgehead atoms. The average molecular weight is 168 g/mol. The van der Waals surface area contributed by atoms with Gasteiger partial charge in [-0.15, -0.1) is 10.2 Å². The molecule has 0 N–H and O–H groups in total. The molecule has 11 heavy (non-hydrogen) atoms. The van der Waals surface area contributed by atoms with Crippen molar-refractivity contribution in [3.63, 3.8) is 0 Å². The smallest absolute Gasteiger partial charge is 0.195 e. The van der Waals surface area contributed by atoms with Gasteiger partial charge < -0.3 is 0 Å². The molecule has 0 aliphatic carbocycles. The lowest BCUT2D eigenvalue weighted by atomic mass is 10.3. The molecule has 1 aliphatic rings. The van der Waals surface area contributed by atoms with Gasteiger partial charge in [-0.05, 0) is 6.42 Å². The molecule has 58 valence electrons. The van der Waals surface area contributed by atoms with Crippen LogP contribution in [-0.2, 0) is 0 Å². The first-order chi connectivity index (χ1) is 5.40. The maximum Gasteiger partial charge on any atom is 0.212 e. The van der Waals surface area contributed by atoms with Crippen LogP contribution in [0.3, 0.4) is 0 Å². The predicted octanol–water partition coefficient (Wildman–Crippen LogP) is 0.998. The van der Waals surface area contributed by atoms with Crippen LogP contribution in [0.25, 0.3) is 0 Å². The third-order valence-corrected chi connectivity index (χ3v) is 2.53. The fraction of sp³-hybridized carbons (Fsp3) is 0.500. The zero-order chi connectivity index (χ0) is 7.68. The second-order valence-corrected chi connectivity index (χ2v) is 3.21. The zero-order valence-corrected chi connectivity index (χ0v) is 7.01. The van der Waals surface area contributed by atoms with Crippen molar-refractivity contribution < 1.29 is 0 Å². The fourth-order valence-electron chi connectivity index (χ4n) is 0.885. The molecule has 4 nitrogen and oxygen atoms in total. The van der Waals surface area contributed by atoms with E-state index in [0.29, 0.717) is 0 Å². The highest BCUT2D eigenvalue weighted by molar-refractivity contribution is 7.99. The number of fused-ring (bicyclic) bond motifs is 1. The van der Waals surface area contributed by atoms with E-state index in [4.69, 9.17) is 0 Å². The van der Waals surface area contributed by atoms with Gasteiger partial charge in [0.25, 0.3) is 0 Å². The number of nitrogens with zero attached hydrogens (tertiary/aromatic N) is 4. The Hall–Kier alpha value is -0.840. The summed E-state index contributed by atoms with van der Waals surface area (Å²) in [7, 11) is 0. The molecule has 2 heterocycles. The lowest BCUT2D eigenvalue weighted by molar-refractivity contribution is 0.751. The van der Waals surface area contributed by atoms with Crippen molar-refractivity contribution in [1.29, 1.82) is 0 Å². The van der Waals surface area contributed by atoms with Crippen LogP contribution in [0.15, 0.2) is 16.6 Å². The van der Waals surface area contributed by atoms with E-state index in [1.165, 1.54) is 5.71 Å². The molecule has 0 aromatic carbocycles. The molecule has 0 unspecified atom stereocenters. The molecule has 0 radical (unpaired) electrons. The second kappa shape index (κ2) is 2.65. The Labute approximate surface area is 68.7 Å². The van der Waals surface area contributed by atoms with E-state index in [1.807, 2.05) is 0 Å². The van der Waals surface area contributed by atoms with E-state index in [0.717, 1.165) is 17.3 Å². The molecule has 0 amide bonds. The van der Waals surface area contributed by atoms with E-state index in [2.05, 4.69) is 22.2 Å². The van der Waals surface area contributed by atoms with Crippen LogP contribution in [-0.4, -0.2) is 26.3 Å². The number of thioether (sulfide) groups is 1. The summed E-state index contributed by atoms with van der Waals surface area (Å²) in [6, 6.07) is 0. The van der Waals surface area contributed by atoms with Gasteiger partial charge in [0.15, 0.2) is 0 Å². The zero-order valence-electron chi connectivity index (χ0n) is 6.19. The third kappa shape index (κ3) is 1.16. The van der Waals surface area contributed by atoms with E-state index in [-0.39, 0.29) is 0 Å². The molecule has 2 rings (SSSR count). The van der Waals surface area contributed by atoms with Gasteiger partial charge in [0.1, 0.15) is 6.33 Å². The van der Waals surface area contributed by atoms with Gasteiger partial charge >= 0.3 is 0 Å². The van der Waals surface area contributed by atoms with E-state index in [9.17, 15) is 0 Å². The molecular weight excluding hydrogens is 160 g/mol. The Morgan fingerprint density at radius 2 is 2.64 bits per heavy atom. The first-order valence-electron chi connectivity index (χ1n) is 3.49. The minimum Gasteiger partial charge on any atom is -0.195 e. The molecule has 1 aromatic rings. The van der Waals surface area contributed by atoms with Crippen molar-refractivity contribution in [3.05, 3.63) is 6.33 Å². The van der Waals surface area contributed by atoms with Crippen LogP contribution < -0.4 is 0 Å². The summed E-state index contributed by atoms with van der Waals surface area (Å²) in [6.45, 7) is 2.11. The highest BCUT2D eigenvalue weighted by atomic mass is 32.2. The normalized spacial score (nSPS) is 15.9. The molecule has 1 aliphatic heterocycles. The largest absolute Gasteiger partial charge is 0.212 e. The quantitative estimate of drug-likeness (QED) is 0.628. The number of rotatable bonds is 1. The summed E-state index contributed by atoms with van der Waals surface area (Å²) in [4.78, 5) is 0. The minimum absolute atomic E-state index is 0.891. The first-order valence-corrected chi connectivity index (χ1v) is 4.48. The maximum atomic E-state index is 4.31. The third-order valence-electron chi connectivity index (χ3n) is 1.53. The van der Waals surface area contributed by atoms with Crippen molar-refractivity contribution in [2.24, 2.45) is 5.10 Å². The Morgan fingerprint density at radius 1 is 1.73 bits per heavy atom. The highest BCUT2D eigenvalue weighted by Crippen LogP contribution is 2.19. The Morgan fingerprint density at radius 3 is 3.45 bits per heavy atom. The highest BCUT2D eigenvalue weighted by Gasteiger charge is 2.11. The molecule has 0 saturated carbocycles. The number of hydrogen-bond donors (Lipinski definition) is 0. The van der Waals surface area contributed by atoms with Crippen molar-refractivity contribution in [2.75, 3.05) is 5.75 Å². The van der Waals surface area contributed by atoms with Crippen LogP contribution in [0.4, 0.5) is 0 Å². The molecule has 1 aromatic heterocycles. The lowest BCUT2D eigenvalue weighted by Crippen LogP contribution is -2.09. The Balaban J connectivity index is 2.37. The SMILES string of the molecule is CCC1=Nn2cnnc2SC1. The minimum atomic E-state index is 0.891. The molecule has 0 saturated heterocycles. The summed E-state index contributed by atoms with van der Waals surface area (Å²) in [5, 5.41) is 12.9. The number of aromatic nitrogens is 3. The summed E-state index contributed by atoms with van der Waals surface area (Å²) in [5.74, 6) is 0.954. The van der Waals surface area contributed by atoms with E-state index in [1.54, 1.807) is 22.8 Å². The fourth-order valence-corrected chi connectivity index (χ4v) is 1.77. The summed E-state index contributed by atoms with van der Waals surface area (Å²) >= 11 is 1.69. The standard InChI is InChI=1S/C6H8N4S/c1-2-5-3-11-6-8-7-4-10(6)9-5/h4H,2-3H2,1H3. The van der Waals surface area contributed by atoms with Gasteiger partial charge in [-0.3, -0.25) is 0 Å². The Bertz CT molecular complexity index is 291. The van der Waals surface area contributed by atoms with Crippen LogP contribution >= 0.6 is 11.8 Å². The number of hydrogen-bond acceptors (Lipinski definition) is 4. The van der Waals surface area contributed by atoms with Crippen molar-refractivity contribution >= 4 is 17.5 Å². The van der Waals surface area contributed by atoms with Gasteiger partial charge in [-0.25, -0.2) is 0 Å². The van der Waals surface area contributed by atoms with Crippen LogP contribution in [0.5, 0.6) is 0 Å². The van der Waals surface area contributed by atoms with Crippen molar-refractivity contribution in [2.45, 2.75) is 18.5 Å². The van der Waals surface area contributed by atoms with Crippen LogP contribution in [0.1, 0.15) is 13.3 Å². The van der Waals surface area contributed by atoms with Crippen molar-refractivity contribution in [3.8, 4) is 0 Å². The van der Waals surface area contributed by atoms with Gasteiger partial charge in [-0.1, -0.05) is 18.7 Å². The van der Waals surface area contributed by atoms with Crippen molar-refractivity contribution in [1.82, 2.24) is 14.9 Å². The average Bonchev–Trinajstić information content (AvgIpc) is 2.50. The molecule has 5 heteroatoms. The van der Waals surface area contributed by atoms with Gasteiger partial charge in [-0.2, -0.15) is 9.78 Å². The molecule has 0 spiro atoms. The summed E-state index contributed by atoms with van der Waals surface area (Å²) in [5.41, 5.74) is 1.20.